The van der Waals surface area contributed by atoms with Gasteiger partial charge in [-0.2, -0.15) is 0 Å². The van der Waals surface area contributed by atoms with Crippen LogP contribution in [0.25, 0.3) is 5.41 Å². The van der Waals surface area contributed by atoms with Crippen molar-refractivity contribution in [3.8, 4) is 0 Å². The Kier molecular flexibility index (Phi) is 15.2. The van der Waals surface area contributed by atoms with Crippen molar-refractivity contribution in [1.82, 2.24) is 4.90 Å². The fourth-order valence-corrected chi connectivity index (χ4v) is 2.56. The van der Waals surface area contributed by atoms with Gasteiger partial charge in [0.15, 0.2) is 0 Å². The molecule has 1 heterocycles. The average molecular weight is 542 g/mol. The first-order valence-corrected chi connectivity index (χ1v) is 7.13. The number of hydrogen-bond acceptors (Lipinski definition) is 1. The van der Waals surface area contributed by atoms with Crippen LogP contribution in [0.15, 0.2) is 42.0 Å². The molecule has 0 atom stereocenters. The number of allylic oxidation sites excluding steroid dienone is 1. The molecule has 0 bridgehead atoms. The Bertz CT molecular complexity index is 440. The molecule has 1 saturated heterocycles. The topological polar surface area (TPSA) is 25.5 Å². The molecule has 1 aliphatic heterocycles. The van der Waals surface area contributed by atoms with Gasteiger partial charge >= 0.3 is 0 Å². The van der Waals surface area contributed by atoms with Crippen molar-refractivity contribution in [1.29, 1.82) is 0 Å². The quantitative estimate of drug-likeness (QED) is 0.406. The third-order valence-corrected chi connectivity index (χ3v) is 3.74. The zero-order valence-corrected chi connectivity index (χ0v) is 19.3. The molecule has 0 saturated carbocycles. The van der Waals surface area contributed by atoms with Gasteiger partial charge in [-0.15, -0.1) is 0 Å². The molecular formula is C18H25N2WY-3. The van der Waals surface area contributed by atoms with Crippen LogP contribution in [0.3, 0.4) is 0 Å². The SMILES string of the molecule is [CH2-]C=C(CCN1CCCCC1)C(=[N-])c1ccccc1.[CH3-].[W].[Y]. The number of likely N-dealkylation sites (tertiary alicyclic amines) is 1. The van der Waals surface area contributed by atoms with E-state index < -0.39 is 0 Å². The standard InChI is InChI=1S/C17H22N2.CH3.W.Y/c1-2-15(11-14-19-12-7-4-8-13-19)17(18)16-9-5-3-6-10-16;;;/h2-3,5-6,9-10H,1,4,7-8,11-14H2;1H3;;/q-2;-1;;. The van der Waals surface area contributed by atoms with Gasteiger partial charge in [-0.05, 0) is 32.5 Å². The van der Waals surface area contributed by atoms with Gasteiger partial charge in [0.1, 0.15) is 0 Å². The van der Waals surface area contributed by atoms with E-state index in [1.54, 1.807) is 6.08 Å². The molecule has 1 aliphatic rings. The summed E-state index contributed by atoms with van der Waals surface area (Å²) in [7, 11) is 0. The van der Waals surface area contributed by atoms with Crippen LogP contribution in [0.5, 0.6) is 0 Å². The average Bonchev–Trinajstić information content (AvgIpc) is 2.49. The molecule has 0 N–H and O–H groups in total. The molecule has 1 fully saturated rings. The number of piperidine rings is 1. The first kappa shape index (κ1) is 24.5. The van der Waals surface area contributed by atoms with E-state index in [1.165, 1.54) is 32.4 Å². The predicted molar refractivity (Wildman–Crippen MR) is 88.7 cm³/mol. The largest absolute Gasteiger partial charge is 0.820 e. The molecule has 0 unspecified atom stereocenters. The second-order valence-electron chi connectivity index (χ2n) is 5.10. The molecule has 22 heavy (non-hydrogen) atoms. The van der Waals surface area contributed by atoms with Crippen molar-refractivity contribution >= 4 is 5.71 Å². The minimum atomic E-state index is 0. The van der Waals surface area contributed by atoms with E-state index >= 15 is 0 Å². The van der Waals surface area contributed by atoms with E-state index in [1.807, 2.05) is 30.3 Å². The van der Waals surface area contributed by atoms with E-state index in [-0.39, 0.29) is 61.2 Å². The number of hydrogen-bond donors (Lipinski definition) is 0. The second kappa shape index (κ2) is 13.7. The third-order valence-electron chi connectivity index (χ3n) is 3.74. The van der Waals surface area contributed by atoms with Crippen LogP contribution in [0.4, 0.5) is 0 Å². The Hall–Kier alpha value is 0.252. The molecule has 0 aromatic heterocycles. The summed E-state index contributed by atoms with van der Waals surface area (Å²) in [5.41, 5.74) is 2.18. The van der Waals surface area contributed by atoms with Gasteiger partial charge in [0.25, 0.3) is 0 Å². The first-order valence-electron chi connectivity index (χ1n) is 7.13. The summed E-state index contributed by atoms with van der Waals surface area (Å²) in [6, 6.07) is 9.70. The van der Waals surface area contributed by atoms with Crippen molar-refractivity contribution in [2.75, 3.05) is 19.6 Å². The normalized spacial score (nSPS) is 15.0. The van der Waals surface area contributed by atoms with E-state index in [0.717, 1.165) is 24.1 Å². The first-order chi connectivity index (χ1) is 9.31. The minimum absolute atomic E-state index is 0. The fraction of sp³-hybridized carbons (Fsp3) is 0.389. The van der Waals surface area contributed by atoms with E-state index in [0.29, 0.717) is 5.71 Å². The Morgan fingerprint density at radius 1 is 1.14 bits per heavy atom. The van der Waals surface area contributed by atoms with Crippen molar-refractivity contribution in [2.24, 2.45) is 0 Å². The maximum atomic E-state index is 10.3. The molecule has 0 amide bonds. The van der Waals surface area contributed by atoms with Crippen LogP contribution in [-0.4, -0.2) is 30.2 Å². The van der Waals surface area contributed by atoms with Gasteiger partial charge in [-0.3, -0.25) is 0 Å². The molecule has 1 aromatic carbocycles. The molecule has 2 nitrogen and oxygen atoms in total. The van der Waals surface area contributed by atoms with E-state index in [4.69, 9.17) is 0 Å². The summed E-state index contributed by atoms with van der Waals surface area (Å²) >= 11 is 0. The maximum Gasteiger partial charge on any atom is 0 e. The van der Waals surface area contributed by atoms with Gasteiger partial charge in [0, 0.05) is 53.8 Å². The van der Waals surface area contributed by atoms with Gasteiger partial charge in [0.05, 0.1) is 0 Å². The smallest absolute Gasteiger partial charge is 0 e. The molecular weight excluding hydrogens is 517 g/mol. The molecule has 2 rings (SSSR count). The van der Waals surface area contributed by atoms with Crippen LogP contribution in [0.1, 0.15) is 31.2 Å². The summed E-state index contributed by atoms with van der Waals surface area (Å²) in [4.78, 5) is 2.48. The molecule has 0 spiro atoms. The van der Waals surface area contributed by atoms with Crippen molar-refractivity contribution < 1.29 is 53.8 Å². The van der Waals surface area contributed by atoms with Crippen LogP contribution in [-0.2, 0) is 53.8 Å². The van der Waals surface area contributed by atoms with Gasteiger partial charge < -0.3 is 17.7 Å². The number of benzene rings is 1. The summed E-state index contributed by atoms with van der Waals surface area (Å²) in [5, 5.41) is 10.3. The van der Waals surface area contributed by atoms with Crippen molar-refractivity contribution in [2.45, 2.75) is 25.7 Å². The zero-order valence-electron chi connectivity index (χ0n) is 13.5. The Balaban J connectivity index is 0. The molecule has 4 heteroatoms. The maximum absolute atomic E-state index is 10.3. The number of nitrogens with zero attached hydrogens (tertiary/aromatic N) is 2. The van der Waals surface area contributed by atoms with Crippen LogP contribution in [0.2, 0.25) is 0 Å². The van der Waals surface area contributed by atoms with Crippen LogP contribution in [0, 0.1) is 14.4 Å². The number of rotatable bonds is 5. The summed E-state index contributed by atoms with van der Waals surface area (Å²) in [5.74, 6) is 0. The minimum Gasteiger partial charge on any atom is -0.820 e. The molecule has 1 radical (unpaired) electrons. The second-order valence-corrected chi connectivity index (χ2v) is 5.10. The Labute approximate surface area is 175 Å². The van der Waals surface area contributed by atoms with E-state index in [9.17, 15) is 5.41 Å². The van der Waals surface area contributed by atoms with E-state index in [2.05, 4.69) is 11.8 Å². The van der Waals surface area contributed by atoms with Crippen molar-refractivity contribution in [3.05, 3.63) is 67.3 Å². The summed E-state index contributed by atoms with van der Waals surface area (Å²) < 4.78 is 0. The van der Waals surface area contributed by atoms with Gasteiger partial charge in [0.2, 0.25) is 0 Å². The van der Waals surface area contributed by atoms with Crippen LogP contribution < -0.4 is 0 Å². The fourth-order valence-electron chi connectivity index (χ4n) is 2.56. The molecule has 119 valence electrons. The molecule has 0 aliphatic carbocycles. The van der Waals surface area contributed by atoms with Crippen LogP contribution >= 0.6 is 0 Å². The molecule has 1 aromatic rings. The van der Waals surface area contributed by atoms with Crippen molar-refractivity contribution in [3.63, 3.8) is 0 Å². The van der Waals surface area contributed by atoms with Gasteiger partial charge in [-0.25, -0.2) is 24.3 Å². The summed E-state index contributed by atoms with van der Waals surface area (Å²) in [6.07, 6.45) is 6.61. The zero-order chi connectivity index (χ0) is 13.5. The summed E-state index contributed by atoms with van der Waals surface area (Å²) in [6.45, 7) is 7.23. The predicted octanol–water partition coefficient (Wildman–Crippen LogP) is 4.13. The Morgan fingerprint density at radius 2 is 1.73 bits per heavy atom. The third kappa shape index (κ3) is 7.69. The monoisotopic (exact) mass is 542 g/mol. The van der Waals surface area contributed by atoms with Gasteiger partial charge in [-0.1, -0.05) is 48.7 Å². The Morgan fingerprint density at radius 3 is 2.27 bits per heavy atom.